The highest BCUT2D eigenvalue weighted by Gasteiger charge is 2.31. The Morgan fingerprint density at radius 2 is 1.91 bits per heavy atom. The van der Waals surface area contributed by atoms with E-state index in [0.29, 0.717) is 25.3 Å². The molecule has 1 amide bonds. The van der Waals surface area contributed by atoms with E-state index in [9.17, 15) is 13.2 Å². The molecule has 0 aromatic heterocycles. The van der Waals surface area contributed by atoms with E-state index < -0.39 is 16.1 Å². The van der Waals surface area contributed by atoms with Crippen LogP contribution in [0.3, 0.4) is 0 Å². The van der Waals surface area contributed by atoms with Crippen LogP contribution in [0.4, 0.5) is 5.69 Å². The monoisotopic (exact) mass is 328 g/mol. The maximum Gasteiger partial charge on any atom is 0.243 e. The Hall–Kier alpha value is -1.60. The van der Waals surface area contributed by atoms with Crippen LogP contribution in [0, 0.1) is 6.92 Å². The zero-order valence-corrected chi connectivity index (χ0v) is 14.3. The Bertz CT molecular complexity index is 584. The Morgan fingerprint density at radius 3 is 2.36 bits per heavy atom. The molecule has 0 aliphatic carbocycles. The molecule has 1 N–H and O–H groups in total. The molecule has 0 fully saturated rings. The SMILES string of the molecule is CC[C@H](C(=O)NCCOC)N(c1ccc(C)cc1)S(C)(=O)=O. The number of amides is 1. The van der Waals surface area contributed by atoms with E-state index in [1.165, 1.54) is 4.31 Å². The van der Waals surface area contributed by atoms with Gasteiger partial charge in [-0.15, -0.1) is 0 Å². The fraction of sp³-hybridized carbons (Fsp3) is 0.533. The molecule has 0 unspecified atom stereocenters. The lowest BCUT2D eigenvalue weighted by molar-refractivity contribution is -0.122. The van der Waals surface area contributed by atoms with Crippen molar-refractivity contribution in [2.24, 2.45) is 0 Å². The predicted molar refractivity (Wildman–Crippen MR) is 87.5 cm³/mol. The van der Waals surface area contributed by atoms with Gasteiger partial charge in [-0.2, -0.15) is 0 Å². The van der Waals surface area contributed by atoms with Crippen molar-refractivity contribution < 1.29 is 17.9 Å². The number of sulfonamides is 1. The van der Waals surface area contributed by atoms with Gasteiger partial charge in [-0.3, -0.25) is 9.10 Å². The Balaban J connectivity index is 3.08. The minimum absolute atomic E-state index is 0.328. The first-order valence-electron chi connectivity index (χ1n) is 7.14. The number of carbonyl (C=O) groups is 1. The van der Waals surface area contributed by atoms with Gasteiger partial charge in [0.15, 0.2) is 0 Å². The molecule has 0 heterocycles. The second kappa shape index (κ2) is 8.14. The van der Waals surface area contributed by atoms with E-state index in [1.807, 2.05) is 19.1 Å². The molecule has 0 aliphatic rings. The van der Waals surface area contributed by atoms with Crippen LogP contribution < -0.4 is 9.62 Å². The van der Waals surface area contributed by atoms with Crippen LogP contribution >= 0.6 is 0 Å². The fourth-order valence-electron chi connectivity index (χ4n) is 2.15. The molecule has 0 spiro atoms. The molecule has 1 aromatic carbocycles. The number of nitrogens with zero attached hydrogens (tertiary/aromatic N) is 1. The highest BCUT2D eigenvalue weighted by atomic mass is 32.2. The number of ether oxygens (including phenoxy) is 1. The van der Waals surface area contributed by atoms with Crippen LogP contribution in [0.15, 0.2) is 24.3 Å². The number of methoxy groups -OCH3 is 1. The van der Waals surface area contributed by atoms with Gasteiger partial charge in [-0.1, -0.05) is 24.6 Å². The summed E-state index contributed by atoms with van der Waals surface area (Å²) in [7, 11) is -2.04. The molecule has 0 bridgehead atoms. The topological polar surface area (TPSA) is 75.7 Å². The second-order valence-electron chi connectivity index (χ2n) is 5.10. The van der Waals surface area contributed by atoms with Crippen LogP contribution in [0.25, 0.3) is 0 Å². The van der Waals surface area contributed by atoms with E-state index in [-0.39, 0.29) is 5.91 Å². The van der Waals surface area contributed by atoms with E-state index in [1.54, 1.807) is 26.2 Å². The van der Waals surface area contributed by atoms with Crippen molar-refractivity contribution in [3.05, 3.63) is 29.8 Å². The Kier molecular flexibility index (Phi) is 6.83. The van der Waals surface area contributed by atoms with Crippen molar-refractivity contribution in [1.29, 1.82) is 0 Å². The van der Waals surface area contributed by atoms with Crippen molar-refractivity contribution in [3.8, 4) is 0 Å². The first-order chi connectivity index (χ1) is 10.3. The maximum absolute atomic E-state index is 12.3. The first kappa shape index (κ1) is 18.4. The molecule has 7 heteroatoms. The lowest BCUT2D eigenvalue weighted by atomic mass is 10.1. The van der Waals surface area contributed by atoms with Gasteiger partial charge in [0.25, 0.3) is 0 Å². The van der Waals surface area contributed by atoms with Crippen molar-refractivity contribution in [2.45, 2.75) is 26.3 Å². The van der Waals surface area contributed by atoms with Gasteiger partial charge in [0.1, 0.15) is 6.04 Å². The van der Waals surface area contributed by atoms with Gasteiger partial charge in [0.05, 0.1) is 18.6 Å². The number of carbonyl (C=O) groups excluding carboxylic acids is 1. The summed E-state index contributed by atoms with van der Waals surface area (Å²) >= 11 is 0. The highest BCUT2D eigenvalue weighted by Crippen LogP contribution is 2.22. The largest absolute Gasteiger partial charge is 0.383 e. The smallest absolute Gasteiger partial charge is 0.243 e. The zero-order chi connectivity index (χ0) is 16.8. The zero-order valence-electron chi connectivity index (χ0n) is 13.5. The second-order valence-corrected chi connectivity index (χ2v) is 6.96. The van der Waals surface area contributed by atoms with E-state index in [2.05, 4.69) is 5.32 Å². The summed E-state index contributed by atoms with van der Waals surface area (Å²) < 4.78 is 30.4. The average molecular weight is 328 g/mol. The summed E-state index contributed by atoms with van der Waals surface area (Å²) in [5.41, 5.74) is 1.51. The summed E-state index contributed by atoms with van der Waals surface area (Å²) in [6, 6.07) is 6.28. The Morgan fingerprint density at radius 1 is 1.32 bits per heavy atom. The maximum atomic E-state index is 12.3. The summed E-state index contributed by atoms with van der Waals surface area (Å²) in [6.07, 6.45) is 1.48. The van der Waals surface area contributed by atoms with Crippen LogP contribution in [0.2, 0.25) is 0 Å². The van der Waals surface area contributed by atoms with Crippen molar-refractivity contribution >= 4 is 21.6 Å². The normalized spacial score (nSPS) is 12.7. The summed E-state index contributed by atoms with van der Waals surface area (Å²) in [5, 5.41) is 2.70. The molecule has 22 heavy (non-hydrogen) atoms. The van der Waals surface area contributed by atoms with Gasteiger partial charge in [0, 0.05) is 13.7 Å². The van der Waals surface area contributed by atoms with E-state index in [4.69, 9.17) is 4.74 Å². The van der Waals surface area contributed by atoms with E-state index >= 15 is 0 Å². The van der Waals surface area contributed by atoms with Crippen molar-refractivity contribution in [1.82, 2.24) is 5.32 Å². The summed E-state index contributed by atoms with van der Waals surface area (Å²) in [5.74, 6) is -0.328. The number of aryl methyl sites for hydroxylation is 1. The Labute approximate surface area is 132 Å². The number of hydrogen-bond acceptors (Lipinski definition) is 4. The van der Waals surface area contributed by atoms with Crippen LogP contribution in [-0.4, -0.2) is 46.9 Å². The number of nitrogens with one attached hydrogen (secondary N) is 1. The molecule has 1 rings (SSSR count). The molecular weight excluding hydrogens is 304 g/mol. The van der Waals surface area contributed by atoms with Crippen molar-refractivity contribution in [2.75, 3.05) is 30.8 Å². The van der Waals surface area contributed by atoms with Gasteiger partial charge in [0.2, 0.25) is 15.9 Å². The predicted octanol–water partition coefficient (Wildman–Crippen LogP) is 1.30. The molecule has 1 atom stereocenters. The summed E-state index contributed by atoms with van der Waals surface area (Å²) in [4.78, 5) is 12.3. The number of anilines is 1. The van der Waals surface area contributed by atoms with Crippen LogP contribution in [0.5, 0.6) is 0 Å². The van der Waals surface area contributed by atoms with Crippen molar-refractivity contribution in [3.63, 3.8) is 0 Å². The average Bonchev–Trinajstić information content (AvgIpc) is 2.44. The fourth-order valence-corrected chi connectivity index (χ4v) is 3.36. The minimum Gasteiger partial charge on any atom is -0.383 e. The number of benzene rings is 1. The molecule has 1 aromatic rings. The van der Waals surface area contributed by atoms with Gasteiger partial charge in [-0.25, -0.2) is 8.42 Å². The first-order valence-corrected chi connectivity index (χ1v) is 8.98. The molecule has 0 radical (unpaired) electrons. The third-order valence-electron chi connectivity index (χ3n) is 3.22. The van der Waals surface area contributed by atoms with Gasteiger partial charge in [-0.05, 0) is 25.5 Å². The number of hydrogen-bond donors (Lipinski definition) is 1. The van der Waals surface area contributed by atoms with Gasteiger partial charge >= 0.3 is 0 Å². The quantitative estimate of drug-likeness (QED) is 0.730. The lowest BCUT2D eigenvalue weighted by Crippen LogP contribution is -2.49. The molecule has 0 saturated heterocycles. The number of rotatable bonds is 8. The molecular formula is C15H24N2O4S. The third kappa shape index (κ3) is 4.99. The van der Waals surface area contributed by atoms with Crippen LogP contribution in [-0.2, 0) is 19.6 Å². The molecule has 0 saturated carbocycles. The highest BCUT2D eigenvalue weighted by molar-refractivity contribution is 7.92. The molecule has 0 aliphatic heterocycles. The van der Waals surface area contributed by atoms with E-state index in [0.717, 1.165) is 11.8 Å². The summed E-state index contributed by atoms with van der Waals surface area (Å²) in [6.45, 7) is 4.43. The molecule has 6 nitrogen and oxygen atoms in total. The lowest BCUT2D eigenvalue weighted by Gasteiger charge is -2.30. The molecule has 124 valence electrons. The van der Waals surface area contributed by atoms with Gasteiger partial charge < -0.3 is 10.1 Å². The minimum atomic E-state index is -3.58. The third-order valence-corrected chi connectivity index (χ3v) is 4.40. The standard InChI is InChI=1S/C15H24N2O4S/c1-5-14(15(18)16-10-11-21-3)17(22(4,19)20)13-8-6-12(2)7-9-13/h6-9,14H,5,10-11H2,1-4H3,(H,16,18)/t14-/m1/s1. The van der Waals surface area contributed by atoms with Crippen LogP contribution in [0.1, 0.15) is 18.9 Å².